The van der Waals surface area contributed by atoms with Gasteiger partial charge in [-0.3, -0.25) is 0 Å². The highest BCUT2D eigenvalue weighted by Crippen LogP contribution is 2.26. The van der Waals surface area contributed by atoms with Crippen LogP contribution in [0.2, 0.25) is 0 Å². The smallest absolute Gasteiger partial charge is 0.244 e. The lowest BCUT2D eigenvalue weighted by molar-refractivity contribution is -0.000665. The second kappa shape index (κ2) is 8.21. The Morgan fingerprint density at radius 1 is 1.19 bits per heavy atom. The topological polar surface area (TPSA) is 74.8 Å². The highest BCUT2D eigenvalue weighted by atomic mass is 32.2. The Morgan fingerprint density at radius 3 is 2.46 bits per heavy atom. The number of sulfonamides is 1. The van der Waals surface area contributed by atoms with Gasteiger partial charge in [0.05, 0.1) is 0 Å². The van der Waals surface area contributed by atoms with Crippen molar-refractivity contribution in [1.82, 2.24) is 14.2 Å². The molecule has 2 fully saturated rings. The summed E-state index contributed by atoms with van der Waals surface area (Å²) < 4.78 is 32.4. The van der Waals surface area contributed by atoms with E-state index in [9.17, 15) is 8.42 Å². The molecule has 0 bridgehead atoms. The van der Waals surface area contributed by atoms with Crippen molar-refractivity contribution in [3.63, 3.8) is 0 Å². The molecular weight excluding hydrogens is 352 g/mol. The second-order valence-electron chi connectivity index (χ2n) is 7.43. The number of rotatable bonds is 6. The van der Waals surface area contributed by atoms with Crippen LogP contribution in [0.25, 0.3) is 0 Å². The number of hydrogen-bond donors (Lipinski definition) is 1. The van der Waals surface area contributed by atoms with Crippen LogP contribution in [-0.4, -0.2) is 75.1 Å². The molecule has 1 aromatic rings. The molecule has 0 unspecified atom stereocenters. The molecule has 0 radical (unpaired) electrons. The number of hydrogen-bond acceptors (Lipinski definition) is 6. The van der Waals surface area contributed by atoms with Crippen molar-refractivity contribution in [2.45, 2.75) is 42.5 Å². The Hall–Kier alpha value is -1.22. The van der Waals surface area contributed by atoms with Crippen LogP contribution in [0.1, 0.15) is 32.1 Å². The molecule has 2 aliphatic rings. The number of pyridine rings is 1. The Kier molecular flexibility index (Phi) is 6.17. The highest BCUT2D eigenvalue weighted by molar-refractivity contribution is 7.89. The minimum absolute atomic E-state index is 0.0402. The molecule has 26 heavy (non-hydrogen) atoms. The molecule has 0 aliphatic carbocycles. The normalized spacial score (nSPS) is 21.7. The standard InChI is InChI=1S/C18H30N4O3S/c1-21(2)18(8-12-25-13-9-18)15-20-17-7-6-16(14-19-17)26(23,24)22-10-4-3-5-11-22/h6-7,14H,3-5,8-13,15H2,1-2H3,(H,19,20). The minimum Gasteiger partial charge on any atom is -0.381 e. The van der Waals surface area contributed by atoms with Crippen LogP contribution in [0.15, 0.2) is 23.2 Å². The summed E-state index contributed by atoms with van der Waals surface area (Å²) in [7, 11) is 0.763. The molecule has 0 amide bonds. The van der Waals surface area contributed by atoms with Gasteiger partial charge in [0.2, 0.25) is 10.0 Å². The van der Waals surface area contributed by atoms with E-state index in [0.717, 1.165) is 51.9 Å². The van der Waals surface area contributed by atoms with E-state index >= 15 is 0 Å². The van der Waals surface area contributed by atoms with Crippen LogP contribution < -0.4 is 5.32 Å². The van der Waals surface area contributed by atoms with Crippen molar-refractivity contribution >= 4 is 15.8 Å². The third kappa shape index (κ3) is 4.19. The number of likely N-dealkylation sites (N-methyl/N-ethyl adjacent to an activating group) is 1. The van der Waals surface area contributed by atoms with E-state index in [2.05, 4.69) is 29.3 Å². The van der Waals surface area contributed by atoms with Gasteiger partial charge < -0.3 is 15.0 Å². The molecule has 2 aliphatic heterocycles. The number of aromatic nitrogens is 1. The second-order valence-corrected chi connectivity index (χ2v) is 9.37. The summed E-state index contributed by atoms with van der Waals surface area (Å²) in [5.74, 6) is 0.704. The van der Waals surface area contributed by atoms with E-state index in [1.807, 2.05) is 0 Å². The summed E-state index contributed by atoms with van der Waals surface area (Å²) in [6.45, 7) is 3.50. The van der Waals surface area contributed by atoms with Crippen LogP contribution in [0.5, 0.6) is 0 Å². The fourth-order valence-electron chi connectivity index (χ4n) is 3.68. The number of piperidine rings is 1. The van der Waals surface area contributed by atoms with Gasteiger partial charge in [-0.05, 0) is 51.9 Å². The van der Waals surface area contributed by atoms with Gasteiger partial charge in [-0.1, -0.05) is 6.42 Å². The summed E-state index contributed by atoms with van der Waals surface area (Å²) in [4.78, 5) is 6.87. The summed E-state index contributed by atoms with van der Waals surface area (Å²) >= 11 is 0. The number of ether oxygens (including phenoxy) is 1. The average Bonchev–Trinajstić information content (AvgIpc) is 2.68. The van der Waals surface area contributed by atoms with Gasteiger partial charge in [-0.15, -0.1) is 0 Å². The van der Waals surface area contributed by atoms with Crippen LogP contribution >= 0.6 is 0 Å². The van der Waals surface area contributed by atoms with Crippen LogP contribution in [0, 0.1) is 0 Å². The van der Waals surface area contributed by atoms with Crippen LogP contribution in [0.4, 0.5) is 5.82 Å². The molecule has 0 spiro atoms. The molecule has 1 aromatic heterocycles. The molecule has 0 atom stereocenters. The minimum atomic E-state index is -3.42. The fourth-order valence-corrected chi connectivity index (χ4v) is 5.14. The zero-order valence-corrected chi connectivity index (χ0v) is 16.6. The van der Waals surface area contributed by atoms with Crippen molar-refractivity contribution in [1.29, 1.82) is 0 Å². The Bertz CT molecular complexity index is 679. The van der Waals surface area contributed by atoms with Crippen molar-refractivity contribution < 1.29 is 13.2 Å². The van der Waals surface area contributed by atoms with Gasteiger partial charge in [0.1, 0.15) is 10.7 Å². The Labute approximate surface area is 156 Å². The lowest BCUT2D eigenvalue weighted by Crippen LogP contribution is -2.53. The highest BCUT2D eigenvalue weighted by Gasteiger charge is 2.34. The lowest BCUT2D eigenvalue weighted by atomic mass is 9.88. The monoisotopic (exact) mass is 382 g/mol. The maximum Gasteiger partial charge on any atom is 0.244 e. The molecule has 3 rings (SSSR count). The summed E-state index contributed by atoms with van der Waals surface area (Å²) in [6.07, 6.45) is 6.37. The first-order chi connectivity index (χ1) is 12.4. The molecule has 0 saturated carbocycles. The van der Waals surface area contributed by atoms with E-state index < -0.39 is 10.0 Å². The van der Waals surface area contributed by atoms with E-state index in [1.165, 1.54) is 6.20 Å². The first-order valence-electron chi connectivity index (χ1n) is 9.39. The van der Waals surface area contributed by atoms with Crippen molar-refractivity contribution in [2.75, 3.05) is 52.3 Å². The largest absolute Gasteiger partial charge is 0.381 e. The van der Waals surface area contributed by atoms with Gasteiger partial charge >= 0.3 is 0 Å². The van der Waals surface area contributed by atoms with Gasteiger partial charge in [-0.2, -0.15) is 4.31 Å². The molecule has 7 nitrogen and oxygen atoms in total. The number of nitrogens with one attached hydrogen (secondary N) is 1. The number of nitrogens with zero attached hydrogens (tertiary/aromatic N) is 3. The average molecular weight is 383 g/mol. The van der Waals surface area contributed by atoms with Gasteiger partial charge in [0.25, 0.3) is 0 Å². The molecule has 8 heteroatoms. The first kappa shape index (κ1) is 19.5. The quantitative estimate of drug-likeness (QED) is 0.808. The molecule has 2 saturated heterocycles. The van der Waals surface area contributed by atoms with Crippen molar-refractivity contribution in [3.8, 4) is 0 Å². The maximum atomic E-state index is 12.7. The molecular formula is C18H30N4O3S. The molecule has 0 aromatic carbocycles. The summed E-state index contributed by atoms with van der Waals surface area (Å²) in [5, 5.41) is 3.38. The summed E-state index contributed by atoms with van der Waals surface area (Å²) in [5.41, 5.74) is 0.0402. The maximum absolute atomic E-state index is 12.7. The fraction of sp³-hybridized carbons (Fsp3) is 0.722. The zero-order chi connectivity index (χ0) is 18.6. The predicted molar refractivity (Wildman–Crippen MR) is 102 cm³/mol. The van der Waals surface area contributed by atoms with Crippen LogP contribution in [-0.2, 0) is 14.8 Å². The third-order valence-corrected chi connectivity index (χ3v) is 7.54. The zero-order valence-electron chi connectivity index (χ0n) is 15.8. The Morgan fingerprint density at radius 2 is 1.88 bits per heavy atom. The van der Waals surface area contributed by atoms with E-state index in [1.54, 1.807) is 16.4 Å². The molecule has 1 N–H and O–H groups in total. The van der Waals surface area contributed by atoms with E-state index in [4.69, 9.17) is 4.74 Å². The lowest BCUT2D eigenvalue weighted by Gasteiger charge is -2.43. The number of anilines is 1. The third-order valence-electron chi connectivity index (χ3n) is 5.66. The van der Waals surface area contributed by atoms with Gasteiger partial charge in [0.15, 0.2) is 0 Å². The predicted octanol–water partition coefficient (Wildman–Crippen LogP) is 1.78. The molecule has 3 heterocycles. The Balaban J connectivity index is 1.65. The van der Waals surface area contributed by atoms with Crippen LogP contribution in [0.3, 0.4) is 0 Å². The van der Waals surface area contributed by atoms with Crippen molar-refractivity contribution in [2.24, 2.45) is 0 Å². The molecule has 146 valence electrons. The first-order valence-corrected chi connectivity index (χ1v) is 10.8. The SMILES string of the molecule is CN(C)C1(CNc2ccc(S(=O)(=O)N3CCCCC3)cn2)CCOCC1. The van der Waals surface area contributed by atoms with E-state index in [-0.39, 0.29) is 10.4 Å². The van der Waals surface area contributed by atoms with Gasteiger partial charge in [0, 0.05) is 44.6 Å². The van der Waals surface area contributed by atoms with Crippen molar-refractivity contribution in [3.05, 3.63) is 18.3 Å². The van der Waals surface area contributed by atoms with Gasteiger partial charge in [-0.25, -0.2) is 13.4 Å². The summed E-state index contributed by atoms with van der Waals surface area (Å²) in [6, 6.07) is 3.42. The van der Waals surface area contributed by atoms with E-state index in [0.29, 0.717) is 18.9 Å².